The fraction of sp³-hybridized carbons (Fsp3) is 0.304. The van der Waals surface area contributed by atoms with E-state index in [0.29, 0.717) is 6.04 Å². The Kier molecular flexibility index (Phi) is 5.89. The predicted octanol–water partition coefficient (Wildman–Crippen LogP) is 5.10. The van der Waals surface area contributed by atoms with Crippen molar-refractivity contribution < 1.29 is 0 Å². The molecule has 1 aliphatic rings. The summed E-state index contributed by atoms with van der Waals surface area (Å²) < 4.78 is 0. The van der Waals surface area contributed by atoms with Gasteiger partial charge in [-0.1, -0.05) is 35.9 Å². The normalized spacial score (nSPS) is 17.0. The Bertz CT molecular complexity index is 926. The zero-order valence-corrected chi connectivity index (χ0v) is 16.9. The van der Waals surface area contributed by atoms with Crippen molar-refractivity contribution in [3.63, 3.8) is 0 Å². The molecular formula is C23H25ClN4. The van der Waals surface area contributed by atoms with E-state index in [0.717, 1.165) is 42.5 Å². The smallest absolute Gasteiger partial charge is 0.130 e. The highest BCUT2D eigenvalue weighted by atomic mass is 35.5. The fourth-order valence-corrected chi connectivity index (χ4v) is 4.08. The lowest BCUT2D eigenvalue weighted by Gasteiger charge is -2.25. The van der Waals surface area contributed by atoms with Crippen LogP contribution in [0.4, 0.5) is 5.82 Å². The maximum absolute atomic E-state index is 6.00. The van der Waals surface area contributed by atoms with Gasteiger partial charge in [0.2, 0.25) is 0 Å². The molecule has 1 saturated heterocycles. The monoisotopic (exact) mass is 392 g/mol. The third-order valence-electron chi connectivity index (χ3n) is 5.33. The maximum atomic E-state index is 6.00. The van der Waals surface area contributed by atoms with Gasteiger partial charge < -0.3 is 5.32 Å². The Balaban J connectivity index is 1.52. The molecular weight excluding hydrogens is 368 g/mol. The van der Waals surface area contributed by atoms with Gasteiger partial charge >= 0.3 is 0 Å². The first-order chi connectivity index (χ1) is 13.7. The van der Waals surface area contributed by atoms with Crippen LogP contribution in [0.3, 0.4) is 0 Å². The average molecular weight is 393 g/mol. The highest BCUT2D eigenvalue weighted by Crippen LogP contribution is 2.33. The molecule has 1 atom stereocenters. The van der Waals surface area contributed by atoms with Crippen molar-refractivity contribution in [2.24, 2.45) is 0 Å². The molecule has 1 N–H and O–H groups in total. The Morgan fingerprint density at radius 3 is 2.79 bits per heavy atom. The molecule has 3 heterocycles. The third-order valence-corrected chi connectivity index (χ3v) is 5.59. The van der Waals surface area contributed by atoms with Crippen LogP contribution in [0.5, 0.6) is 0 Å². The molecule has 2 aromatic heterocycles. The topological polar surface area (TPSA) is 41.1 Å². The first-order valence-corrected chi connectivity index (χ1v) is 10.2. The lowest BCUT2D eigenvalue weighted by Crippen LogP contribution is -2.24. The number of halogens is 1. The minimum Gasteiger partial charge on any atom is -0.373 e. The quantitative estimate of drug-likeness (QED) is 0.633. The van der Waals surface area contributed by atoms with Crippen LogP contribution in [0, 0.1) is 0 Å². The third kappa shape index (κ3) is 4.34. The number of hydrogen-bond acceptors (Lipinski definition) is 4. The lowest BCUT2D eigenvalue weighted by atomic mass is 10.1. The van der Waals surface area contributed by atoms with E-state index in [1.165, 1.54) is 23.2 Å². The number of likely N-dealkylation sites (tertiary alicyclic amines) is 1. The molecule has 0 spiro atoms. The molecule has 4 rings (SSSR count). The van der Waals surface area contributed by atoms with Gasteiger partial charge in [-0.3, -0.25) is 9.88 Å². The average Bonchev–Trinajstić information content (AvgIpc) is 3.19. The summed E-state index contributed by atoms with van der Waals surface area (Å²) in [7, 11) is 1.93. The maximum Gasteiger partial charge on any atom is 0.130 e. The number of hydrogen-bond donors (Lipinski definition) is 1. The SMILES string of the molecule is CNc1ncccc1CN1CCCC1c1cccc(Cc2ccc(Cl)cc2)n1. The van der Waals surface area contributed by atoms with E-state index in [4.69, 9.17) is 16.6 Å². The number of rotatable bonds is 6. The zero-order valence-electron chi connectivity index (χ0n) is 16.1. The largest absolute Gasteiger partial charge is 0.373 e. The molecule has 144 valence electrons. The van der Waals surface area contributed by atoms with Crippen LogP contribution in [-0.4, -0.2) is 28.5 Å². The van der Waals surface area contributed by atoms with E-state index < -0.39 is 0 Å². The Hall–Kier alpha value is -2.43. The van der Waals surface area contributed by atoms with Crippen molar-refractivity contribution in [1.29, 1.82) is 0 Å². The molecule has 1 unspecified atom stereocenters. The number of pyridine rings is 2. The van der Waals surface area contributed by atoms with Crippen LogP contribution in [0.15, 0.2) is 60.8 Å². The molecule has 0 saturated carbocycles. The van der Waals surface area contributed by atoms with Gasteiger partial charge in [-0.25, -0.2) is 4.98 Å². The molecule has 0 radical (unpaired) electrons. The summed E-state index contributed by atoms with van der Waals surface area (Å²) >= 11 is 6.00. The summed E-state index contributed by atoms with van der Waals surface area (Å²) in [6, 6.07) is 18.9. The van der Waals surface area contributed by atoms with E-state index in [-0.39, 0.29) is 0 Å². The van der Waals surface area contributed by atoms with Gasteiger partial charge in [-0.2, -0.15) is 0 Å². The Labute approximate surface area is 171 Å². The van der Waals surface area contributed by atoms with Gasteiger partial charge in [-0.05, 0) is 55.3 Å². The summed E-state index contributed by atoms with van der Waals surface area (Å²) in [5, 5.41) is 3.97. The zero-order chi connectivity index (χ0) is 19.3. The summed E-state index contributed by atoms with van der Waals surface area (Å²) in [5.74, 6) is 0.956. The van der Waals surface area contributed by atoms with E-state index >= 15 is 0 Å². The number of benzene rings is 1. The number of anilines is 1. The van der Waals surface area contributed by atoms with Crippen molar-refractivity contribution in [1.82, 2.24) is 14.9 Å². The van der Waals surface area contributed by atoms with Gasteiger partial charge in [0.25, 0.3) is 0 Å². The first kappa shape index (κ1) is 18.9. The first-order valence-electron chi connectivity index (χ1n) is 9.79. The van der Waals surface area contributed by atoms with Crippen molar-refractivity contribution >= 4 is 17.4 Å². The molecule has 0 amide bonds. The van der Waals surface area contributed by atoms with E-state index in [2.05, 4.69) is 51.6 Å². The summed E-state index contributed by atoms with van der Waals surface area (Å²) in [6.45, 7) is 1.98. The summed E-state index contributed by atoms with van der Waals surface area (Å²) in [6.07, 6.45) is 5.00. The standard InChI is InChI=1S/C23H25ClN4/c1-25-23-18(5-3-13-26-23)16-28-14-4-8-22(28)21-7-2-6-20(27-21)15-17-9-11-19(24)12-10-17/h2-3,5-7,9-13,22H,4,8,14-16H2,1H3,(H,25,26). The molecule has 1 aromatic carbocycles. The molecule has 1 aliphatic heterocycles. The second-order valence-electron chi connectivity index (χ2n) is 7.25. The second kappa shape index (κ2) is 8.72. The van der Waals surface area contributed by atoms with Crippen LogP contribution in [0.1, 0.15) is 41.4 Å². The van der Waals surface area contributed by atoms with Crippen LogP contribution < -0.4 is 5.32 Å². The molecule has 4 nitrogen and oxygen atoms in total. The second-order valence-corrected chi connectivity index (χ2v) is 7.68. The number of aromatic nitrogens is 2. The minimum atomic E-state index is 0.357. The Morgan fingerprint density at radius 2 is 1.96 bits per heavy atom. The van der Waals surface area contributed by atoms with E-state index in [1.54, 1.807) is 0 Å². The van der Waals surface area contributed by atoms with E-state index in [9.17, 15) is 0 Å². The molecule has 0 bridgehead atoms. The minimum absolute atomic E-state index is 0.357. The summed E-state index contributed by atoms with van der Waals surface area (Å²) in [4.78, 5) is 12.0. The van der Waals surface area contributed by atoms with Crippen molar-refractivity contribution in [2.45, 2.75) is 31.8 Å². The molecule has 3 aromatic rings. The molecule has 28 heavy (non-hydrogen) atoms. The number of nitrogens with zero attached hydrogens (tertiary/aromatic N) is 3. The molecule has 0 aliphatic carbocycles. The fourth-order valence-electron chi connectivity index (χ4n) is 3.95. The van der Waals surface area contributed by atoms with Gasteiger partial charge in [0, 0.05) is 42.5 Å². The van der Waals surface area contributed by atoms with Crippen LogP contribution in [-0.2, 0) is 13.0 Å². The highest BCUT2D eigenvalue weighted by Gasteiger charge is 2.27. The van der Waals surface area contributed by atoms with Gasteiger partial charge in [0.15, 0.2) is 0 Å². The predicted molar refractivity (Wildman–Crippen MR) is 115 cm³/mol. The van der Waals surface area contributed by atoms with Gasteiger partial charge in [-0.15, -0.1) is 0 Å². The molecule has 1 fully saturated rings. The van der Waals surface area contributed by atoms with Crippen LogP contribution >= 0.6 is 11.6 Å². The molecule has 5 heteroatoms. The van der Waals surface area contributed by atoms with Crippen molar-refractivity contribution in [3.8, 4) is 0 Å². The van der Waals surface area contributed by atoms with E-state index in [1.807, 2.05) is 31.4 Å². The van der Waals surface area contributed by atoms with Gasteiger partial charge in [0.05, 0.1) is 11.7 Å². The van der Waals surface area contributed by atoms with Crippen LogP contribution in [0.25, 0.3) is 0 Å². The Morgan fingerprint density at radius 1 is 1.11 bits per heavy atom. The van der Waals surface area contributed by atoms with Gasteiger partial charge in [0.1, 0.15) is 5.82 Å². The van der Waals surface area contributed by atoms with Crippen molar-refractivity contribution in [3.05, 3.63) is 88.3 Å². The highest BCUT2D eigenvalue weighted by molar-refractivity contribution is 6.30. The van der Waals surface area contributed by atoms with Crippen molar-refractivity contribution in [2.75, 3.05) is 18.9 Å². The summed E-state index contributed by atoms with van der Waals surface area (Å²) in [5.41, 5.74) is 4.73. The van der Waals surface area contributed by atoms with Crippen LogP contribution in [0.2, 0.25) is 5.02 Å². The lowest BCUT2D eigenvalue weighted by molar-refractivity contribution is 0.244. The number of nitrogens with one attached hydrogen (secondary N) is 1.